The third-order valence-corrected chi connectivity index (χ3v) is 15.4. The summed E-state index contributed by atoms with van der Waals surface area (Å²) in [7, 11) is 0. The van der Waals surface area contributed by atoms with Crippen LogP contribution in [0.15, 0.2) is 72.9 Å². The monoisotopic (exact) mass is 1120 g/mol. The first-order chi connectivity index (χ1) is 39.5. The molecule has 0 saturated carbocycles. The van der Waals surface area contributed by atoms with E-state index < -0.39 is 6.10 Å². The number of rotatable bonds is 64. The molecule has 0 rings (SSSR count). The van der Waals surface area contributed by atoms with Gasteiger partial charge in [-0.05, 0) is 89.9 Å². The van der Waals surface area contributed by atoms with Gasteiger partial charge in [0.15, 0.2) is 6.10 Å². The van der Waals surface area contributed by atoms with Gasteiger partial charge in [-0.15, -0.1) is 0 Å². The van der Waals surface area contributed by atoms with E-state index in [1.165, 1.54) is 225 Å². The van der Waals surface area contributed by atoms with Crippen LogP contribution in [-0.4, -0.2) is 37.2 Å². The number of allylic oxidation sites excluding steroid dienone is 12. The number of esters is 3. The summed E-state index contributed by atoms with van der Waals surface area (Å²) in [5, 5.41) is 0. The van der Waals surface area contributed by atoms with Crippen LogP contribution in [0.3, 0.4) is 0 Å². The molecule has 6 nitrogen and oxygen atoms in total. The molecule has 0 aromatic heterocycles. The molecule has 0 aliphatic heterocycles. The Kier molecular flexibility index (Phi) is 65.7. The molecule has 464 valence electrons. The van der Waals surface area contributed by atoms with Crippen LogP contribution in [0.5, 0.6) is 0 Å². The van der Waals surface area contributed by atoms with E-state index in [0.29, 0.717) is 19.3 Å². The smallest absolute Gasteiger partial charge is 0.306 e. The Morgan fingerprint density at radius 2 is 0.487 bits per heavy atom. The minimum absolute atomic E-state index is 0.0719. The molecule has 0 saturated heterocycles. The number of hydrogen-bond donors (Lipinski definition) is 0. The topological polar surface area (TPSA) is 78.9 Å². The molecule has 0 amide bonds. The van der Waals surface area contributed by atoms with Crippen LogP contribution in [0.25, 0.3) is 0 Å². The summed E-state index contributed by atoms with van der Waals surface area (Å²) in [6, 6.07) is 0. The van der Waals surface area contributed by atoms with Gasteiger partial charge in [0.25, 0.3) is 0 Å². The molecule has 0 bridgehead atoms. The van der Waals surface area contributed by atoms with E-state index >= 15 is 0 Å². The van der Waals surface area contributed by atoms with Gasteiger partial charge < -0.3 is 14.2 Å². The maximum atomic E-state index is 12.9. The number of hydrogen-bond acceptors (Lipinski definition) is 6. The summed E-state index contributed by atoms with van der Waals surface area (Å²) >= 11 is 0. The standard InChI is InChI=1S/C74H132O6/c1-4-7-10-13-16-19-22-25-27-28-29-30-31-32-33-34-35-36-37-38-39-40-41-42-43-44-45-46-47-50-52-55-58-61-64-67-73(76)79-70-71(69-78-72(75)66-63-60-57-54-51-48-24-21-18-15-12-9-6-3)80-74(77)68-65-62-59-56-53-49-26-23-20-17-14-11-8-5-2/h7,10,16,19,23,25-27,29-30,32-33,71H,4-6,8-9,11-15,17-18,20-22,24,28,31,34-70H2,1-3H3/b10-7-,19-16-,26-23-,27-25-,30-29-,33-32-. The lowest BCUT2D eigenvalue weighted by molar-refractivity contribution is -0.167. The van der Waals surface area contributed by atoms with Gasteiger partial charge in [0.1, 0.15) is 13.2 Å². The van der Waals surface area contributed by atoms with Gasteiger partial charge in [-0.2, -0.15) is 0 Å². The molecule has 1 atom stereocenters. The fraction of sp³-hybridized carbons (Fsp3) is 0.797. The summed E-state index contributed by atoms with van der Waals surface area (Å²) in [6.07, 6.45) is 89.4. The van der Waals surface area contributed by atoms with Crippen molar-refractivity contribution in [3.8, 4) is 0 Å². The molecule has 0 fully saturated rings. The van der Waals surface area contributed by atoms with E-state index in [-0.39, 0.29) is 31.1 Å². The second-order valence-corrected chi connectivity index (χ2v) is 23.4. The van der Waals surface area contributed by atoms with Crippen LogP contribution in [0.4, 0.5) is 0 Å². The van der Waals surface area contributed by atoms with E-state index in [1.807, 2.05) is 0 Å². The summed E-state index contributed by atoms with van der Waals surface area (Å²) < 4.78 is 16.9. The Labute approximate surface area is 497 Å². The van der Waals surface area contributed by atoms with Gasteiger partial charge >= 0.3 is 17.9 Å². The maximum Gasteiger partial charge on any atom is 0.306 e. The van der Waals surface area contributed by atoms with Crippen molar-refractivity contribution >= 4 is 17.9 Å². The highest BCUT2D eigenvalue weighted by Gasteiger charge is 2.19. The zero-order chi connectivity index (χ0) is 57.8. The van der Waals surface area contributed by atoms with Gasteiger partial charge in [0.05, 0.1) is 0 Å². The molecule has 0 aliphatic rings. The molecule has 1 unspecified atom stereocenters. The molecule has 0 spiro atoms. The van der Waals surface area contributed by atoms with E-state index in [9.17, 15) is 14.4 Å². The highest BCUT2D eigenvalue weighted by Crippen LogP contribution is 2.18. The predicted octanol–water partition coefficient (Wildman–Crippen LogP) is 24.1. The largest absolute Gasteiger partial charge is 0.462 e. The van der Waals surface area contributed by atoms with Crippen molar-refractivity contribution in [3.05, 3.63) is 72.9 Å². The van der Waals surface area contributed by atoms with Crippen molar-refractivity contribution < 1.29 is 28.6 Å². The molecule has 0 aliphatic carbocycles. The fourth-order valence-electron chi connectivity index (χ4n) is 10.2. The molecule has 0 N–H and O–H groups in total. The van der Waals surface area contributed by atoms with Gasteiger partial charge in [0.2, 0.25) is 0 Å². The Balaban J connectivity index is 4.08. The number of carbonyl (C=O) groups is 3. The van der Waals surface area contributed by atoms with Crippen molar-refractivity contribution in [2.75, 3.05) is 13.2 Å². The summed E-state index contributed by atoms with van der Waals surface area (Å²) in [4.78, 5) is 38.3. The Morgan fingerprint density at radius 1 is 0.263 bits per heavy atom. The lowest BCUT2D eigenvalue weighted by Crippen LogP contribution is -2.30. The molecule has 0 aromatic rings. The van der Waals surface area contributed by atoms with Crippen molar-refractivity contribution in [2.45, 2.75) is 367 Å². The third-order valence-electron chi connectivity index (χ3n) is 15.4. The summed E-state index contributed by atoms with van der Waals surface area (Å²) in [6.45, 7) is 6.56. The van der Waals surface area contributed by atoms with Crippen molar-refractivity contribution in [1.29, 1.82) is 0 Å². The van der Waals surface area contributed by atoms with Crippen LogP contribution >= 0.6 is 0 Å². The Bertz CT molecular complexity index is 1470. The lowest BCUT2D eigenvalue weighted by Gasteiger charge is -2.18. The normalized spacial score (nSPS) is 12.5. The average molecular weight is 1120 g/mol. The van der Waals surface area contributed by atoms with Crippen LogP contribution in [0, 0.1) is 0 Å². The van der Waals surface area contributed by atoms with Crippen molar-refractivity contribution in [2.24, 2.45) is 0 Å². The van der Waals surface area contributed by atoms with E-state index in [1.54, 1.807) is 0 Å². The van der Waals surface area contributed by atoms with E-state index in [4.69, 9.17) is 14.2 Å². The van der Waals surface area contributed by atoms with Crippen LogP contribution in [0.1, 0.15) is 361 Å². The van der Waals surface area contributed by atoms with Crippen LogP contribution < -0.4 is 0 Å². The minimum Gasteiger partial charge on any atom is -0.462 e. The molecular formula is C74H132O6. The Morgan fingerprint density at radius 3 is 0.775 bits per heavy atom. The zero-order valence-electron chi connectivity index (χ0n) is 53.3. The summed E-state index contributed by atoms with van der Waals surface area (Å²) in [5.41, 5.74) is 0. The van der Waals surface area contributed by atoms with Gasteiger partial charge in [-0.1, -0.05) is 325 Å². The summed E-state index contributed by atoms with van der Waals surface area (Å²) in [5.74, 6) is -0.859. The van der Waals surface area contributed by atoms with Gasteiger partial charge in [0, 0.05) is 19.3 Å². The third kappa shape index (κ3) is 65.7. The van der Waals surface area contributed by atoms with Gasteiger partial charge in [-0.3, -0.25) is 14.4 Å². The first kappa shape index (κ1) is 76.9. The molecule has 6 heteroatoms. The Hall–Kier alpha value is -3.15. The molecular weight excluding hydrogens is 985 g/mol. The quantitative estimate of drug-likeness (QED) is 0.0261. The lowest BCUT2D eigenvalue weighted by atomic mass is 10.0. The molecule has 0 heterocycles. The first-order valence-electron chi connectivity index (χ1n) is 34.9. The number of unbranched alkanes of at least 4 members (excludes halogenated alkanes) is 41. The molecule has 80 heavy (non-hydrogen) atoms. The maximum absolute atomic E-state index is 12.9. The minimum atomic E-state index is -0.775. The zero-order valence-corrected chi connectivity index (χ0v) is 53.3. The fourth-order valence-corrected chi connectivity index (χ4v) is 10.2. The SMILES string of the molecule is CC/C=C\C/C=C\C/C=C\C/C=C\C/C=C\CCCCCCCCCCCCCCCCCCCCCC(=O)OCC(COC(=O)CCCCCCCCCCCCCCC)OC(=O)CCCCCCC/C=C\CCCCCCC. The predicted molar refractivity (Wildman–Crippen MR) is 348 cm³/mol. The van der Waals surface area contributed by atoms with Crippen LogP contribution in [-0.2, 0) is 28.6 Å². The van der Waals surface area contributed by atoms with Crippen molar-refractivity contribution in [3.63, 3.8) is 0 Å². The highest BCUT2D eigenvalue weighted by atomic mass is 16.6. The van der Waals surface area contributed by atoms with E-state index in [0.717, 1.165) is 96.3 Å². The second kappa shape index (κ2) is 68.3. The molecule has 0 radical (unpaired) electrons. The average Bonchev–Trinajstić information content (AvgIpc) is 3.46. The first-order valence-corrected chi connectivity index (χ1v) is 34.9. The number of ether oxygens (including phenoxy) is 3. The van der Waals surface area contributed by atoms with Crippen molar-refractivity contribution in [1.82, 2.24) is 0 Å². The second-order valence-electron chi connectivity index (χ2n) is 23.4. The van der Waals surface area contributed by atoms with Gasteiger partial charge in [-0.25, -0.2) is 0 Å². The number of carbonyl (C=O) groups excluding carboxylic acids is 3. The van der Waals surface area contributed by atoms with E-state index in [2.05, 4.69) is 93.7 Å². The highest BCUT2D eigenvalue weighted by molar-refractivity contribution is 5.71. The molecule has 0 aromatic carbocycles. The van der Waals surface area contributed by atoms with Crippen LogP contribution in [0.2, 0.25) is 0 Å².